The van der Waals surface area contributed by atoms with Crippen molar-refractivity contribution in [3.8, 4) is 23.0 Å². The molecule has 0 saturated carbocycles. The predicted molar refractivity (Wildman–Crippen MR) is 140 cm³/mol. The molecule has 0 fully saturated rings. The summed E-state index contributed by atoms with van der Waals surface area (Å²) in [7, 11) is 3.15. The quantitative estimate of drug-likeness (QED) is 0.310. The van der Waals surface area contributed by atoms with Crippen LogP contribution < -0.4 is 29.6 Å². The van der Waals surface area contributed by atoms with E-state index in [2.05, 4.69) is 10.6 Å². The van der Waals surface area contributed by atoms with Crippen LogP contribution in [0.2, 0.25) is 0 Å². The maximum Gasteiger partial charge on any atom is 0.260 e. The van der Waals surface area contributed by atoms with Crippen molar-refractivity contribution >= 4 is 11.8 Å². The normalized spacial score (nSPS) is 12.2. The molecule has 2 unspecified atom stereocenters. The van der Waals surface area contributed by atoms with Crippen LogP contribution >= 0.6 is 0 Å². The van der Waals surface area contributed by atoms with Gasteiger partial charge < -0.3 is 29.6 Å². The number of para-hydroxylation sites is 4. The molecule has 0 aliphatic rings. The summed E-state index contributed by atoms with van der Waals surface area (Å²) in [5.74, 6) is 2.04. The Morgan fingerprint density at radius 1 is 0.611 bits per heavy atom. The smallest absolute Gasteiger partial charge is 0.260 e. The molecule has 2 N–H and O–H groups in total. The Balaban J connectivity index is 1.48. The average molecular weight is 501 g/mol. The molecule has 8 nitrogen and oxygen atoms in total. The SMILES string of the molecule is COc1ccccc1OC(C)C(=O)NCCCCCCCCNC(=O)C(C)Oc1ccccc1OC. The van der Waals surface area contributed by atoms with Gasteiger partial charge in [-0.3, -0.25) is 9.59 Å². The molecule has 2 rings (SSSR count). The van der Waals surface area contributed by atoms with E-state index >= 15 is 0 Å². The zero-order valence-electron chi connectivity index (χ0n) is 21.9. The summed E-state index contributed by atoms with van der Waals surface area (Å²) in [4.78, 5) is 24.5. The molecule has 36 heavy (non-hydrogen) atoms. The van der Waals surface area contributed by atoms with E-state index in [0.717, 1.165) is 38.5 Å². The van der Waals surface area contributed by atoms with Gasteiger partial charge in [0.05, 0.1) is 14.2 Å². The third-order valence-corrected chi connectivity index (χ3v) is 5.69. The van der Waals surface area contributed by atoms with Crippen LogP contribution in [0.3, 0.4) is 0 Å². The molecule has 0 aliphatic carbocycles. The van der Waals surface area contributed by atoms with Crippen molar-refractivity contribution in [2.45, 2.75) is 64.6 Å². The number of methoxy groups -OCH3 is 2. The molecule has 0 aliphatic heterocycles. The molecular formula is C28H40N2O6. The van der Waals surface area contributed by atoms with Gasteiger partial charge in [-0.05, 0) is 51.0 Å². The number of ether oxygens (including phenoxy) is 4. The van der Waals surface area contributed by atoms with E-state index in [-0.39, 0.29) is 11.8 Å². The molecule has 2 atom stereocenters. The van der Waals surface area contributed by atoms with Crippen molar-refractivity contribution in [2.24, 2.45) is 0 Å². The second-order valence-electron chi connectivity index (χ2n) is 8.53. The average Bonchev–Trinajstić information content (AvgIpc) is 2.89. The summed E-state index contributed by atoms with van der Waals surface area (Å²) >= 11 is 0. The predicted octanol–water partition coefficient (Wildman–Crippen LogP) is 4.51. The Morgan fingerprint density at radius 3 is 1.31 bits per heavy atom. The molecule has 2 aromatic rings. The second-order valence-corrected chi connectivity index (χ2v) is 8.53. The molecule has 198 valence electrons. The fourth-order valence-electron chi connectivity index (χ4n) is 3.59. The number of carbonyl (C=O) groups excluding carboxylic acids is 2. The number of amides is 2. The van der Waals surface area contributed by atoms with Gasteiger partial charge in [-0.1, -0.05) is 49.9 Å². The number of carbonyl (C=O) groups is 2. The van der Waals surface area contributed by atoms with Crippen LogP contribution in [0.15, 0.2) is 48.5 Å². The molecule has 0 heterocycles. The Morgan fingerprint density at radius 2 is 0.944 bits per heavy atom. The van der Waals surface area contributed by atoms with Crippen molar-refractivity contribution in [3.63, 3.8) is 0 Å². The lowest BCUT2D eigenvalue weighted by molar-refractivity contribution is -0.128. The second kappa shape index (κ2) is 16.3. The molecule has 0 spiro atoms. The molecule has 0 aromatic heterocycles. The van der Waals surface area contributed by atoms with Crippen molar-refractivity contribution < 1.29 is 28.5 Å². The highest BCUT2D eigenvalue weighted by atomic mass is 16.5. The van der Waals surface area contributed by atoms with Gasteiger partial charge in [0.15, 0.2) is 35.2 Å². The van der Waals surface area contributed by atoms with Gasteiger partial charge in [-0.2, -0.15) is 0 Å². The number of unbranched alkanes of at least 4 members (excludes halogenated alkanes) is 5. The lowest BCUT2D eigenvalue weighted by Crippen LogP contribution is -2.36. The minimum atomic E-state index is -0.598. The maximum absolute atomic E-state index is 12.3. The number of benzene rings is 2. The van der Waals surface area contributed by atoms with Gasteiger partial charge in [0.2, 0.25) is 0 Å². The van der Waals surface area contributed by atoms with Crippen molar-refractivity contribution in [1.29, 1.82) is 0 Å². The zero-order chi connectivity index (χ0) is 26.2. The Bertz CT molecular complexity index is 860. The van der Waals surface area contributed by atoms with E-state index in [1.54, 1.807) is 52.3 Å². The zero-order valence-corrected chi connectivity index (χ0v) is 21.9. The van der Waals surface area contributed by atoms with Gasteiger partial charge in [0, 0.05) is 13.1 Å². The van der Waals surface area contributed by atoms with E-state index in [1.807, 2.05) is 24.3 Å². The van der Waals surface area contributed by atoms with Crippen LogP contribution in [-0.2, 0) is 9.59 Å². The van der Waals surface area contributed by atoms with Crippen molar-refractivity contribution in [3.05, 3.63) is 48.5 Å². The van der Waals surface area contributed by atoms with Crippen molar-refractivity contribution in [2.75, 3.05) is 27.3 Å². The number of hydrogen-bond donors (Lipinski definition) is 2. The fourth-order valence-corrected chi connectivity index (χ4v) is 3.59. The first-order valence-electron chi connectivity index (χ1n) is 12.6. The first-order chi connectivity index (χ1) is 17.5. The van der Waals surface area contributed by atoms with Crippen LogP contribution in [0.4, 0.5) is 0 Å². The summed E-state index contributed by atoms with van der Waals surface area (Å²) in [5, 5.41) is 5.85. The molecule has 2 amide bonds. The Labute approximate surface area is 214 Å². The number of hydrogen-bond acceptors (Lipinski definition) is 6. The largest absolute Gasteiger partial charge is 0.493 e. The van der Waals surface area contributed by atoms with E-state index in [0.29, 0.717) is 36.1 Å². The summed E-state index contributed by atoms with van der Waals surface area (Å²) in [5.41, 5.74) is 0. The third-order valence-electron chi connectivity index (χ3n) is 5.69. The summed E-state index contributed by atoms with van der Waals surface area (Å²) < 4.78 is 21.9. The van der Waals surface area contributed by atoms with E-state index in [4.69, 9.17) is 18.9 Å². The lowest BCUT2D eigenvalue weighted by Gasteiger charge is -2.16. The highest BCUT2D eigenvalue weighted by Crippen LogP contribution is 2.27. The van der Waals surface area contributed by atoms with Gasteiger partial charge in [-0.15, -0.1) is 0 Å². The van der Waals surface area contributed by atoms with Crippen LogP contribution in [0.25, 0.3) is 0 Å². The van der Waals surface area contributed by atoms with Crippen molar-refractivity contribution in [1.82, 2.24) is 10.6 Å². The van der Waals surface area contributed by atoms with Crippen LogP contribution in [-0.4, -0.2) is 51.3 Å². The monoisotopic (exact) mass is 500 g/mol. The van der Waals surface area contributed by atoms with Gasteiger partial charge >= 0.3 is 0 Å². The molecule has 0 saturated heterocycles. The highest BCUT2D eigenvalue weighted by Gasteiger charge is 2.17. The van der Waals surface area contributed by atoms with E-state index < -0.39 is 12.2 Å². The fraction of sp³-hybridized carbons (Fsp3) is 0.500. The molecule has 0 bridgehead atoms. The Kier molecular flexibility index (Phi) is 13.0. The third kappa shape index (κ3) is 10.1. The highest BCUT2D eigenvalue weighted by molar-refractivity contribution is 5.81. The minimum absolute atomic E-state index is 0.138. The lowest BCUT2D eigenvalue weighted by atomic mass is 10.1. The standard InChI is InChI=1S/C28H40N2O6/c1-21(35-25-17-11-9-15-23(25)33-3)27(31)29-19-13-7-5-6-8-14-20-30-28(32)22(2)36-26-18-12-10-16-24(26)34-4/h9-12,15-18,21-22H,5-8,13-14,19-20H2,1-4H3,(H,29,31)(H,30,32). The van der Waals surface area contributed by atoms with Gasteiger partial charge in [0.25, 0.3) is 11.8 Å². The number of rotatable bonds is 17. The minimum Gasteiger partial charge on any atom is -0.493 e. The van der Waals surface area contributed by atoms with Crippen LogP contribution in [0, 0.1) is 0 Å². The summed E-state index contributed by atoms with van der Waals surface area (Å²) in [6, 6.07) is 14.6. The van der Waals surface area contributed by atoms with Gasteiger partial charge in [-0.25, -0.2) is 0 Å². The Hall–Kier alpha value is -3.42. The molecule has 8 heteroatoms. The topological polar surface area (TPSA) is 95.1 Å². The summed E-state index contributed by atoms with van der Waals surface area (Å²) in [6.45, 7) is 4.70. The van der Waals surface area contributed by atoms with E-state index in [9.17, 15) is 9.59 Å². The number of nitrogens with one attached hydrogen (secondary N) is 2. The first kappa shape index (κ1) is 28.8. The maximum atomic E-state index is 12.3. The van der Waals surface area contributed by atoms with Crippen LogP contribution in [0.5, 0.6) is 23.0 Å². The molecule has 2 aromatic carbocycles. The van der Waals surface area contributed by atoms with E-state index in [1.165, 1.54) is 0 Å². The molecule has 0 radical (unpaired) electrons. The van der Waals surface area contributed by atoms with Gasteiger partial charge in [0.1, 0.15) is 0 Å². The van der Waals surface area contributed by atoms with Crippen LogP contribution in [0.1, 0.15) is 52.4 Å². The first-order valence-corrected chi connectivity index (χ1v) is 12.6. The summed E-state index contributed by atoms with van der Waals surface area (Å²) in [6.07, 6.45) is 4.90. The molecular weight excluding hydrogens is 460 g/mol.